The van der Waals surface area contributed by atoms with Crippen LogP contribution >= 0.6 is 11.6 Å². The Kier molecular flexibility index (Phi) is 5.77. The molecule has 2 heterocycles. The summed E-state index contributed by atoms with van der Waals surface area (Å²) in [5.74, 6) is 1.43. The predicted octanol–water partition coefficient (Wildman–Crippen LogP) is 5.03. The van der Waals surface area contributed by atoms with Crippen LogP contribution in [0.25, 0.3) is 17.0 Å². The molecule has 146 valence electrons. The summed E-state index contributed by atoms with van der Waals surface area (Å²) in [5, 5.41) is 7.94. The molecule has 0 spiro atoms. The average molecular weight is 406 g/mol. The number of benzene rings is 2. The van der Waals surface area contributed by atoms with Crippen molar-refractivity contribution < 1.29 is 9.21 Å². The lowest BCUT2D eigenvalue weighted by Gasteiger charge is -2.03. The van der Waals surface area contributed by atoms with Crippen molar-refractivity contribution >= 4 is 17.5 Å². The number of aromatic nitrogens is 2. The number of aryl methyl sites for hydroxylation is 1. The second kappa shape index (κ2) is 8.80. The van der Waals surface area contributed by atoms with Gasteiger partial charge in [-0.2, -0.15) is 5.10 Å². The van der Waals surface area contributed by atoms with Gasteiger partial charge in [0.25, 0.3) is 0 Å². The van der Waals surface area contributed by atoms with Crippen molar-refractivity contribution in [1.82, 2.24) is 15.1 Å². The fraction of sp³-hybridized carbons (Fsp3) is 0.130. The Hall–Kier alpha value is -3.31. The Morgan fingerprint density at radius 3 is 2.62 bits per heavy atom. The summed E-state index contributed by atoms with van der Waals surface area (Å²) >= 11 is 5.91. The molecule has 6 heteroatoms. The van der Waals surface area contributed by atoms with Crippen molar-refractivity contribution in [2.75, 3.05) is 0 Å². The Bertz CT molecular complexity index is 1080. The number of para-hydroxylation sites is 1. The Labute approximate surface area is 173 Å². The van der Waals surface area contributed by atoms with Crippen LogP contribution in [0.3, 0.4) is 0 Å². The number of rotatable bonds is 7. The van der Waals surface area contributed by atoms with Crippen LogP contribution in [0.2, 0.25) is 5.02 Å². The smallest absolute Gasteiger partial charge is 0.220 e. The molecule has 0 aliphatic carbocycles. The maximum atomic E-state index is 12.2. The van der Waals surface area contributed by atoms with E-state index in [2.05, 4.69) is 10.4 Å². The summed E-state index contributed by atoms with van der Waals surface area (Å²) in [4.78, 5) is 12.2. The normalized spacial score (nSPS) is 10.8. The Balaban J connectivity index is 1.27. The van der Waals surface area contributed by atoms with Gasteiger partial charge in [-0.1, -0.05) is 29.8 Å². The molecule has 2 aromatic carbocycles. The first-order valence-corrected chi connectivity index (χ1v) is 9.75. The number of furan rings is 1. The van der Waals surface area contributed by atoms with Crippen LogP contribution in [0.1, 0.15) is 17.7 Å². The number of hydrogen-bond donors (Lipinski definition) is 1. The molecule has 0 radical (unpaired) electrons. The highest BCUT2D eigenvalue weighted by Gasteiger charge is 2.08. The number of carbonyl (C=O) groups excluding carboxylic acids is 1. The van der Waals surface area contributed by atoms with Crippen LogP contribution in [0.4, 0.5) is 0 Å². The van der Waals surface area contributed by atoms with Gasteiger partial charge in [-0.05, 0) is 60.5 Å². The molecule has 4 rings (SSSR count). The van der Waals surface area contributed by atoms with Crippen molar-refractivity contribution in [2.45, 2.75) is 19.4 Å². The number of nitrogens with one attached hydrogen (secondary N) is 1. The zero-order valence-corrected chi connectivity index (χ0v) is 16.5. The van der Waals surface area contributed by atoms with E-state index in [1.54, 1.807) is 6.20 Å². The summed E-state index contributed by atoms with van der Waals surface area (Å²) in [7, 11) is 0. The number of halogens is 1. The van der Waals surface area contributed by atoms with Crippen molar-refractivity contribution in [1.29, 1.82) is 0 Å². The zero-order valence-electron chi connectivity index (χ0n) is 15.7. The molecule has 0 saturated heterocycles. The minimum Gasteiger partial charge on any atom is -0.459 e. The lowest BCUT2D eigenvalue weighted by molar-refractivity contribution is -0.121. The predicted molar refractivity (Wildman–Crippen MR) is 113 cm³/mol. The number of amides is 1. The lowest BCUT2D eigenvalue weighted by atomic mass is 10.2. The number of nitrogens with zero attached hydrogens (tertiary/aromatic N) is 2. The molecule has 0 aliphatic rings. The van der Waals surface area contributed by atoms with E-state index < -0.39 is 0 Å². The first-order chi connectivity index (χ1) is 14.2. The maximum absolute atomic E-state index is 12.2. The summed E-state index contributed by atoms with van der Waals surface area (Å²) in [6.45, 7) is 0.357. The van der Waals surface area contributed by atoms with Gasteiger partial charge in [-0.25, -0.2) is 4.68 Å². The van der Waals surface area contributed by atoms with Crippen LogP contribution < -0.4 is 5.32 Å². The second-order valence-corrected chi connectivity index (χ2v) is 7.11. The molecule has 5 nitrogen and oxygen atoms in total. The molecular formula is C23H20ClN3O2. The number of hydrogen-bond acceptors (Lipinski definition) is 3. The summed E-state index contributed by atoms with van der Waals surface area (Å²) < 4.78 is 7.62. The third-order valence-electron chi connectivity index (χ3n) is 4.55. The average Bonchev–Trinajstić information content (AvgIpc) is 3.42. The maximum Gasteiger partial charge on any atom is 0.220 e. The highest BCUT2D eigenvalue weighted by molar-refractivity contribution is 6.30. The molecule has 0 aliphatic heterocycles. The van der Waals surface area contributed by atoms with Gasteiger partial charge in [0, 0.05) is 23.2 Å². The lowest BCUT2D eigenvalue weighted by Crippen LogP contribution is -2.22. The van der Waals surface area contributed by atoms with Crippen molar-refractivity contribution in [3.8, 4) is 17.0 Å². The van der Waals surface area contributed by atoms with Crippen LogP contribution in [-0.2, 0) is 17.8 Å². The van der Waals surface area contributed by atoms with Crippen molar-refractivity contribution in [2.24, 2.45) is 0 Å². The topological polar surface area (TPSA) is 60.1 Å². The summed E-state index contributed by atoms with van der Waals surface area (Å²) in [5.41, 5.74) is 2.96. The van der Waals surface area contributed by atoms with Crippen molar-refractivity contribution in [3.63, 3.8) is 0 Å². The Morgan fingerprint density at radius 2 is 1.83 bits per heavy atom. The largest absolute Gasteiger partial charge is 0.459 e. The molecule has 1 amide bonds. The second-order valence-electron chi connectivity index (χ2n) is 6.68. The van der Waals surface area contributed by atoms with E-state index in [9.17, 15) is 4.79 Å². The SMILES string of the molecule is O=C(CCc1cnn(-c2ccccc2)c1)NCc1ccc(-c2ccc(Cl)cc2)o1. The van der Waals surface area contributed by atoms with Gasteiger partial charge in [0.15, 0.2) is 0 Å². The van der Waals surface area contributed by atoms with E-state index in [1.165, 1.54) is 0 Å². The fourth-order valence-corrected chi connectivity index (χ4v) is 3.11. The van der Waals surface area contributed by atoms with Crippen molar-refractivity contribution in [3.05, 3.63) is 95.5 Å². The van der Waals surface area contributed by atoms with Crippen LogP contribution in [-0.4, -0.2) is 15.7 Å². The first kappa shape index (κ1) is 19.0. The zero-order chi connectivity index (χ0) is 20.1. The molecule has 2 aromatic heterocycles. The molecule has 0 saturated carbocycles. The van der Waals surface area contributed by atoms with Gasteiger partial charge >= 0.3 is 0 Å². The van der Waals surface area contributed by atoms with Crippen LogP contribution in [0.5, 0.6) is 0 Å². The highest BCUT2D eigenvalue weighted by atomic mass is 35.5. The highest BCUT2D eigenvalue weighted by Crippen LogP contribution is 2.23. The number of carbonyl (C=O) groups is 1. The van der Waals surface area contributed by atoms with E-state index in [0.717, 1.165) is 22.6 Å². The van der Waals surface area contributed by atoms with E-state index >= 15 is 0 Å². The van der Waals surface area contributed by atoms with E-state index in [4.69, 9.17) is 16.0 Å². The molecule has 4 aromatic rings. The molecule has 29 heavy (non-hydrogen) atoms. The van der Waals surface area contributed by atoms with Gasteiger partial charge in [-0.3, -0.25) is 4.79 Å². The third kappa shape index (κ3) is 4.95. The minimum absolute atomic E-state index is 0.0260. The van der Waals surface area contributed by atoms with E-state index in [1.807, 2.05) is 77.6 Å². The van der Waals surface area contributed by atoms with E-state index in [-0.39, 0.29) is 5.91 Å². The fourth-order valence-electron chi connectivity index (χ4n) is 2.99. The van der Waals surface area contributed by atoms with Gasteiger partial charge in [-0.15, -0.1) is 0 Å². The molecule has 0 unspecified atom stereocenters. The van der Waals surface area contributed by atoms with Gasteiger partial charge in [0.2, 0.25) is 5.91 Å². The monoisotopic (exact) mass is 405 g/mol. The third-order valence-corrected chi connectivity index (χ3v) is 4.80. The molecule has 0 fully saturated rings. The molecular weight excluding hydrogens is 386 g/mol. The van der Waals surface area contributed by atoms with Gasteiger partial charge < -0.3 is 9.73 Å². The summed E-state index contributed by atoms with van der Waals surface area (Å²) in [6.07, 6.45) is 4.77. The Morgan fingerprint density at radius 1 is 1.03 bits per heavy atom. The standard InChI is InChI=1S/C23H20ClN3O2/c24-19-9-7-18(8-10-19)22-12-11-21(29-22)15-25-23(28)13-6-17-14-26-27(16-17)20-4-2-1-3-5-20/h1-5,7-12,14,16H,6,13,15H2,(H,25,28). The van der Waals surface area contributed by atoms with Crippen LogP contribution in [0.15, 0.2) is 83.5 Å². The molecule has 1 N–H and O–H groups in total. The quantitative estimate of drug-likeness (QED) is 0.469. The van der Waals surface area contributed by atoms with E-state index in [0.29, 0.717) is 30.2 Å². The first-order valence-electron chi connectivity index (χ1n) is 9.38. The van der Waals surface area contributed by atoms with Gasteiger partial charge in [0.1, 0.15) is 11.5 Å². The van der Waals surface area contributed by atoms with Gasteiger partial charge in [0.05, 0.1) is 18.4 Å². The molecule has 0 bridgehead atoms. The van der Waals surface area contributed by atoms with Crippen LogP contribution in [0, 0.1) is 0 Å². The molecule has 0 atom stereocenters. The summed E-state index contributed by atoms with van der Waals surface area (Å²) in [6, 6.07) is 21.1. The minimum atomic E-state index is -0.0260.